The zero-order valence-electron chi connectivity index (χ0n) is 17.2. The minimum atomic E-state index is -0.321. The van der Waals surface area contributed by atoms with Crippen molar-refractivity contribution in [2.75, 3.05) is 10.2 Å². The predicted octanol–water partition coefficient (Wildman–Crippen LogP) is 6.69. The summed E-state index contributed by atoms with van der Waals surface area (Å²) in [5.74, 6) is 0.631. The maximum Gasteiger partial charge on any atom is 0.262 e. The highest BCUT2D eigenvalue weighted by atomic mass is 35.5. The van der Waals surface area contributed by atoms with Crippen LogP contribution >= 0.6 is 11.6 Å². The van der Waals surface area contributed by atoms with E-state index in [1.807, 2.05) is 103 Å². The number of anilines is 2. The molecule has 1 atom stereocenters. The number of halogens is 1. The molecule has 1 aliphatic rings. The summed E-state index contributed by atoms with van der Waals surface area (Å²) in [5.41, 5.74) is 4.34. The molecule has 1 amide bonds. The molecule has 1 heterocycles. The largest absolute Gasteiger partial charge is 0.487 e. The number of fused-ring (bicyclic) bond motifs is 1. The first-order valence-electron chi connectivity index (χ1n) is 10.4. The van der Waals surface area contributed by atoms with Crippen molar-refractivity contribution in [1.82, 2.24) is 0 Å². The maximum absolute atomic E-state index is 13.4. The predicted molar refractivity (Wildman–Crippen MR) is 128 cm³/mol. The zero-order chi connectivity index (χ0) is 21.9. The van der Waals surface area contributed by atoms with Gasteiger partial charge in [-0.2, -0.15) is 0 Å². The molecule has 0 aromatic heterocycles. The number of benzene rings is 4. The van der Waals surface area contributed by atoms with E-state index in [2.05, 4.69) is 5.32 Å². The van der Waals surface area contributed by atoms with E-state index < -0.39 is 0 Å². The monoisotopic (exact) mass is 440 g/mol. The third-order valence-electron chi connectivity index (χ3n) is 5.49. The lowest BCUT2D eigenvalue weighted by molar-refractivity contribution is 0.0975. The Bertz CT molecular complexity index is 1240. The van der Waals surface area contributed by atoms with Crippen molar-refractivity contribution in [3.05, 3.63) is 125 Å². The maximum atomic E-state index is 13.4. The Kier molecular flexibility index (Phi) is 5.53. The fraction of sp³-hybridized carbons (Fsp3) is 0.0741. The molecule has 0 spiro atoms. The van der Waals surface area contributed by atoms with Gasteiger partial charge in [0, 0.05) is 11.4 Å². The molecular formula is C27H21ClN2O2. The van der Waals surface area contributed by atoms with E-state index in [0.29, 0.717) is 22.9 Å². The summed E-state index contributed by atoms with van der Waals surface area (Å²) in [5, 5.41) is 4.12. The van der Waals surface area contributed by atoms with Gasteiger partial charge in [-0.1, -0.05) is 78.3 Å². The van der Waals surface area contributed by atoms with Crippen LogP contribution in [0.15, 0.2) is 103 Å². The van der Waals surface area contributed by atoms with Crippen molar-refractivity contribution in [1.29, 1.82) is 0 Å². The lowest BCUT2D eigenvalue weighted by Gasteiger charge is -2.38. The lowest BCUT2D eigenvalue weighted by atomic mass is 10.0. The first-order valence-corrected chi connectivity index (χ1v) is 10.8. The van der Waals surface area contributed by atoms with Gasteiger partial charge in [-0.05, 0) is 47.5 Å². The summed E-state index contributed by atoms with van der Waals surface area (Å²) in [6, 6.07) is 32.9. The molecule has 1 N–H and O–H groups in total. The molecule has 0 aliphatic carbocycles. The minimum absolute atomic E-state index is 0.0262. The summed E-state index contributed by atoms with van der Waals surface area (Å²) < 4.78 is 5.85. The van der Waals surface area contributed by atoms with E-state index in [1.165, 1.54) is 0 Å². The molecule has 0 radical (unpaired) electrons. The van der Waals surface area contributed by atoms with Crippen LogP contribution < -0.4 is 15.0 Å². The Morgan fingerprint density at radius 1 is 0.812 bits per heavy atom. The molecule has 0 saturated heterocycles. The first-order chi connectivity index (χ1) is 15.7. The van der Waals surface area contributed by atoms with Crippen molar-refractivity contribution in [3.8, 4) is 5.75 Å². The van der Waals surface area contributed by atoms with E-state index in [-0.39, 0.29) is 12.1 Å². The van der Waals surface area contributed by atoms with Crippen LogP contribution in [0.25, 0.3) is 0 Å². The van der Waals surface area contributed by atoms with Crippen LogP contribution in [0.5, 0.6) is 5.75 Å². The summed E-state index contributed by atoms with van der Waals surface area (Å²) in [7, 11) is 0. The number of carbonyl (C=O) groups is 1. The number of rotatable bonds is 5. The number of nitrogens with one attached hydrogen (secondary N) is 1. The van der Waals surface area contributed by atoms with Crippen molar-refractivity contribution in [2.45, 2.75) is 12.8 Å². The second-order valence-electron chi connectivity index (χ2n) is 7.56. The second kappa shape index (κ2) is 8.77. The molecule has 0 fully saturated rings. The van der Waals surface area contributed by atoms with Gasteiger partial charge in [0.1, 0.15) is 18.5 Å². The van der Waals surface area contributed by atoms with E-state index >= 15 is 0 Å². The number of amides is 1. The topological polar surface area (TPSA) is 41.6 Å². The van der Waals surface area contributed by atoms with Gasteiger partial charge in [0.25, 0.3) is 5.91 Å². The van der Waals surface area contributed by atoms with Crippen molar-refractivity contribution >= 4 is 28.9 Å². The van der Waals surface area contributed by atoms with Crippen LogP contribution in [0, 0.1) is 0 Å². The number of hydrogen-bond donors (Lipinski definition) is 1. The minimum Gasteiger partial charge on any atom is -0.487 e. The van der Waals surface area contributed by atoms with Gasteiger partial charge in [-0.3, -0.25) is 9.69 Å². The molecule has 1 unspecified atom stereocenters. The Hall–Kier alpha value is -3.76. The van der Waals surface area contributed by atoms with E-state index in [1.54, 1.807) is 4.90 Å². The molecule has 4 aromatic rings. The number of hydrogen-bond acceptors (Lipinski definition) is 3. The highest BCUT2D eigenvalue weighted by molar-refractivity contribution is 6.32. The number of ether oxygens (including phenoxy) is 1. The molecule has 4 aromatic carbocycles. The van der Waals surface area contributed by atoms with Crippen LogP contribution in [0.3, 0.4) is 0 Å². The summed E-state index contributed by atoms with van der Waals surface area (Å²) in [6.07, 6.45) is -0.321. The SMILES string of the molecule is O=C1c2ccccc2NC(c2ccc(COc3ccccc3Cl)cc2)N1c1ccccc1. The molecular weight excluding hydrogens is 420 g/mol. The van der Waals surface area contributed by atoms with Crippen LogP contribution in [0.4, 0.5) is 11.4 Å². The fourth-order valence-electron chi connectivity index (χ4n) is 3.86. The van der Waals surface area contributed by atoms with Crippen LogP contribution in [-0.2, 0) is 6.61 Å². The van der Waals surface area contributed by atoms with E-state index in [4.69, 9.17) is 16.3 Å². The summed E-state index contributed by atoms with van der Waals surface area (Å²) >= 11 is 6.18. The third kappa shape index (κ3) is 3.93. The van der Waals surface area contributed by atoms with Gasteiger partial charge in [0.05, 0.1) is 10.6 Å². The molecule has 0 bridgehead atoms. The van der Waals surface area contributed by atoms with Gasteiger partial charge in [-0.25, -0.2) is 0 Å². The Labute approximate surface area is 192 Å². The van der Waals surface area contributed by atoms with Crippen LogP contribution in [-0.4, -0.2) is 5.91 Å². The van der Waals surface area contributed by atoms with Gasteiger partial charge < -0.3 is 10.1 Å². The second-order valence-corrected chi connectivity index (χ2v) is 7.97. The lowest BCUT2D eigenvalue weighted by Crippen LogP contribution is -2.43. The van der Waals surface area contributed by atoms with Gasteiger partial charge >= 0.3 is 0 Å². The average molecular weight is 441 g/mol. The number of carbonyl (C=O) groups excluding carboxylic acids is 1. The van der Waals surface area contributed by atoms with Crippen LogP contribution in [0.1, 0.15) is 27.7 Å². The standard InChI is InChI=1S/C27H21ClN2O2/c28-23-11-5-7-13-25(23)32-18-19-14-16-20(17-15-19)26-29-24-12-6-4-10-22(24)27(31)30(26)21-8-2-1-3-9-21/h1-17,26,29H,18H2. The van der Waals surface area contributed by atoms with Crippen molar-refractivity contribution in [2.24, 2.45) is 0 Å². The first kappa shape index (κ1) is 20.2. The molecule has 5 heteroatoms. The molecule has 0 saturated carbocycles. The van der Waals surface area contributed by atoms with E-state index in [9.17, 15) is 4.79 Å². The normalized spacial score (nSPS) is 15.1. The Morgan fingerprint density at radius 2 is 1.50 bits per heavy atom. The Morgan fingerprint density at radius 3 is 2.28 bits per heavy atom. The van der Waals surface area contributed by atoms with Gasteiger partial charge in [0.2, 0.25) is 0 Å². The molecule has 4 nitrogen and oxygen atoms in total. The quantitative estimate of drug-likeness (QED) is 0.376. The summed E-state index contributed by atoms with van der Waals surface area (Å²) in [4.78, 5) is 15.2. The highest BCUT2D eigenvalue weighted by Gasteiger charge is 2.33. The highest BCUT2D eigenvalue weighted by Crippen LogP contribution is 2.36. The number of para-hydroxylation sites is 3. The fourth-order valence-corrected chi connectivity index (χ4v) is 4.05. The average Bonchev–Trinajstić information content (AvgIpc) is 2.84. The Balaban J connectivity index is 1.43. The molecule has 32 heavy (non-hydrogen) atoms. The number of nitrogens with zero attached hydrogens (tertiary/aromatic N) is 1. The zero-order valence-corrected chi connectivity index (χ0v) is 18.0. The van der Waals surface area contributed by atoms with Crippen molar-refractivity contribution < 1.29 is 9.53 Å². The van der Waals surface area contributed by atoms with Crippen LogP contribution in [0.2, 0.25) is 5.02 Å². The molecule has 158 valence electrons. The smallest absolute Gasteiger partial charge is 0.262 e. The third-order valence-corrected chi connectivity index (χ3v) is 5.80. The van der Waals surface area contributed by atoms with Gasteiger partial charge in [-0.15, -0.1) is 0 Å². The molecule has 5 rings (SSSR count). The summed E-state index contributed by atoms with van der Waals surface area (Å²) in [6.45, 7) is 0.409. The van der Waals surface area contributed by atoms with Gasteiger partial charge in [0.15, 0.2) is 0 Å². The molecule has 1 aliphatic heterocycles. The van der Waals surface area contributed by atoms with E-state index in [0.717, 1.165) is 22.5 Å². The van der Waals surface area contributed by atoms with Crippen molar-refractivity contribution in [3.63, 3.8) is 0 Å².